The van der Waals surface area contributed by atoms with Gasteiger partial charge in [-0.2, -0.15) is 0 Å². The van der Waals surface area contributed by atoms with Gasteiger partial charge in [-0.05, 0) is 24.6 Å². The van der Waals surface area contributed by atoms with Gasteiger partial charge in [0, 0.05) is 25.9 Å². The zero-order valence-electron chi connectivity index (χ0n) is 11.5. The highest BCUT2D eigenvalue weighted by atomic mass is 35.5. The zero-order chi connectivity index (χ0) is 14.6. The fourth-order valence-electron chi connectivity index (χ4n) is 1.45. The molecule has 3 nitrogen and oxygen atoms in total. The summed E-state index contributed by atoms with van der Waals surface area (Å²) < 4.78 is 29.1. The normalized spacial score (nSPS) is 9.95. The van der Waals surface area contributed by atoms with Gasteiger partial charge in [0.2, 0.25) is 0 Å². The molecule has 0 unspecified atom stereocenters. The number of rotatable bonds is 8. The number of halogens is 2. The molecule has 1 aromatic carbocycles. The van der Waals surface area contributed by atoms with Crippen molar-refractivity contribution >= 4 is 11.6 Å². The van der Waals surface area contributed by atoms with E-state index in [0.717, 1.165) is 6.42 Å². The van der Waals surface area contributed by atoms with Crippen LogP contribution in [-0.4, -0.2) is 39.4 Å². The Bertz CT molecular complexity index is 454. The summed E-state index contributed by atoms with van der Waals surface area (Å²) in [7, 11) is 1.64. The van der Waals surface area contributed by atoms with Gasteiger partial charge in [0.05, 0.1) is 12.5 Å². The molecule has 20 heavy (non-hydrogen) atoms. The second-order valence-corrected chi connectivity index (χ2v) is 4.16. The monoisotopic (exact) mass is 300 g/mol. The van der Waals surface area contributed by atoms with E-state index in [9.17, 15) is 4.39 Å². The molecule has 0 radical (unpaired) electrons. The number of ether oxygens (including phenoxy) is 3. The minimum absolute atomic E-state index is 0.173. The summed E-state index contributed by atoms with van der Waals surface area (Å²) >= 11 is 5.47. The maximum absolute atomic E-state index is 13.5. The fourth-order valence-corrected chi connectivity index (χ4v) is 1.51. The number of methoxy groups -OCH3 is 1. The summed E-state index contributed by atoms with van der Waals surface area (Å²) in [5.41, 5.74) is 0.670. The molecule has 1 rings (SSSR count). The Morgan fingerprint density at radius 3 is 2.80 bits per heavy atom. The van der Waals surface area contributed by atoms with Crippen molar-refractivity contribution in [3.05, 3.63) is 29.6 Å². The van der Waals surface area contributed by atoms with Gasteiger partial charge in [-0.1, -0.05) is 11.8 Å². The summed E-state index contributed by atoms with van der Waals surface area (Å²) in [6.45, 7) is 1.95. The van der Waals surface area contributed by atoms with Crippen LogP contribution >= 0.6 is 11.6 Å². The van der Waals surface area contributed by atoms with E-state index in [2.05, 4.69) is 11.8 Å². The average Bonchev–Trinajstić information content (AvgIpc) is 2.46. The molecule has 5 heteroatoms. The lowest BCUT2D eigenvalue weighted by atomic mass is 10.2. The van der Waals surface area contributed by atoms with Crippen molar-refractivity contribution in [3.63, 3.8) is 0 Å². The summed E-state index contributed by atoms with van der Waals surface area (Å²) in [5, 5.41) is 0. The number of alkyl halides is 1. The number of benzene rings is 1. The lowest BCUT2D eigenvalue weighted by Crippen LogP contribution is -2.09. The molecule has 0 aliphatic heterocycles. The van der Waals surface area contributed by atoms with Crippen LogP contribution < -0.4 is 4.74 Å². The third-order valence-electron chi connectivity index (χ3n) is 2.35. The molecule has 0 spiro atoms. The Morgan fingerprint density at radius 2 is 2.05 bits per heavy atom. The van der Waals surface area contributed by atoms with Gasteiger partial charge < -0.3 is 14.2 Å². The van der Waals surface area contributed by atoms with Crippen LogP contribution in [0.15, 0.2) is 18.2 Å². The molecule has 110 valence electrons. The average molecular weight is 301 g/mol. The largest absolute Gasteiger partial charge is 0.488 e. The molecule has 0 amide bonds. The van der Waals surface area contributed by atoms with Gasteiger partial charge in [0.15, 0.2) is 11.6 Å². The molecule has 0 saturated heterocycles. The van der Waals surface area contributed by atoms with Gasteiger partial charge in [-0.25, -0.2) is 4.39 Å². The van der Waals surface area contributed by atoms with E-state index in [1.165, 1.54) is 6.07 Å². The second kappa shape index (κ2) is 10.5. The quantitative estimate of drug-likeness (QED) is 0.420. The first-order valence-electron chi connectivity index (χ1n) is 6.31. The number of hydrogen-bond acceptors (Lipinski definition) is 3. The summed E-state index contributed by atoms with van der Waals surface area (Å²) in [6.07, 6.45) is 0.828. The Hall–Kier alpha value is -1.28. The zero-order valence-corrected chi connectivity index (χ0v) is 12.2. The van der Waals surface area contributed by atoms with Crippen molar-refractivity contribution in [2.24, 2.45) is 0 Å². The predicted molar refractivity (Wildman–Crippen MR) is 76.8 cm³/mol. The highest BCUT2D eigenvalue weighted by Crippen LogP contribution is 2.18. The van der Waals surface area contributed by atoms with E-state index < -0.39 is 5.82 Å². The molecule has 0 aromatic heterocycles. The van der Waals surface area contributed by atoms with Crippen molar-refractivity contribution in [1.29, 1.82) is 0 Å². The van der Waals surface area contributed by atoms with Crippen molar-refractivity contribution in [1.82, 2.24) is 0 Å². The highest BCUT2D eigenvalue weighted by molar-refractivity contribution is 6.19. The molecular weight excluding hydrogens is 283 g/mol. The van der Waals surface area contributed by atoms with Crippen molar-refractivity contribution in [3.8, 4) is 17.6 Å². The van der Waals surface area contributed by atoms with Crippen LogP contribution in [0.1, 0.15) is 12.0 Å². The molecular formula is C15H18ClFO3. The Morgan fingerprint density at radius 1 is 1.20 bits per heavy atom. The van der Waals surface area contributed by atoms with Crippen LogP contribution in [0.5, 0.6) is 5.75 Å². The summed E-state index contributed by atoms with van der Waals surface area (Å²) in [6, 6.07) is 4.47. The van der Waals surface area contributed by atoms with Crippen LogP contribution in [0.25, 0.3) is 0 Å². The minimum Gasteiger partial charge on any atom is -0.488 e. The SMILES string of the molecule is COCCCOCCOc1cc(C#CCCl)ccc1F. The molecule has 0 saturated carbocycles. The molecule has 0 aliphatic rings. The van der Waals surface area contributed by atoms with Crippen LogP contribution in [0, 0.1) is 17.7 Å². The van der Waals surface area contributed by atoms with Crippen molar-refractivity contribution in [2.45, 2.75) is 6.42 Å². The molecule has 0 N–H and O–H groups in total. The first-order valence-corrected chi connectivity index (χ1v) is 6.85. The Kier molecular flexibility index (Phi) is 8.81. The second-order valence-electron chi connectivity index (χ2n) is 3.89. The van der Waals surface area contributed by atoms with Gasteiger partial charge in [-0.15, -0.1) is 11.6 Å². The summed E-state index contributed by atoms with van der Waals surface area (Å²) in [5.74, 6) is 5.52. The van der Waals surface area contributed by atoms with Gasteiger partial charge >= 0.3 is 0 Å². The minimum atomic E-state index is -0.416. The van der Waals surface area contributed by atoms with Crippen LogP contribution in [0.2, 0.25) is 0 Å². The van der Waals surface area contributed by atoms with Crippen LogP contribution in [0.4, 0.5) is 4.39 Å². The lowest BCUT2D eigenvalue weighted by Gasteiger charge is -2.08. The molecule has 1 aromatic rings. The first-order chi connectivity index (χ1) is 9.77. The van der Waals surface area contributed by atoms with E-state index >= 15 is 0 Å². The van der Waals surface area contributed by atoms with Crippen LogP contribution in [-0.2, 0) is 9.47 Å². The van der Waals surface area contributed by atoms with E-state index in [4.69, 9.17) is 25.8 Å². The van der Waals surface area contributed by atoms with Crippen molar-refractivity contribution in [2.75, 3.05) is 39.4 Å². The van der Waals surface area contributed by atoms with Gasteiger partial charge in [-0.3, -0.25) is 0 Å². The van der Waals surface area contributed by atoms with Crippen LogP contribution in [0.3, 0.4) is 0 Å². The maximum Gasteiger partial charge on any atom is 0.165 e. The van der Waals surface area contributed by atoms with Gasteiger partial charge in [0.25, 0.3) is 0 Å². The fraction of sp³-hybridized carbons (Fsp3) is 0.467. The third-order valence-corrected chi connectivity index (χ3v) is 2.49. The Labute approximate surface area is 124 Å². The first kappa shape index (κ1) is 16.8. The third kappa shape index (κ3) is 6.76. The van der Waals surface area contributed by atoms with E-state index in [0.29, 0.717) is 25.4 Å². The molecule has 0 bridgehead atoms. The Balaban J connectivity index is 2.35. The number of hydrogen-bond donors (Lipinski definition) is 0. The molecule has 0 heterocycles. The molecule has 0 aliphatic carbocycles. The smallest absolute Gasteiger partial charge is 0.165 e. The highest BCUT2D eigenvalue weighted by Gasteiger charge is 2.03. The summed E-state index contributed by atoms with van der Waals surface area (Å²) in [4.78, 5) is 0. The van der Waals surface area contributed by atoms with Gasteiger partial charge in [0.1, 0.15) is 6.61 Å². The van der Waals surface area contributed by atoms with E-state index in [1.807, 2.05) is 0 Å². The molecule has 0 fully saturated rings. The standard InChI is InChI=1S/C15H18ClFO3/c1-18-8-3-9-19-10-11-20-15-12-13(4-2-7-16)5-6-14(15)17/h5-6,12H,3,7-11H2,1H3. The van der Waals surface area contributed by atoms with Crippen molar-refractivity contribution < 1.29 is 18.6 Å². The van der Waals surface area contributed by atoms with E-state index in [1.54, 1.807) is 19.2 Å². The molecule has 0 atom stereocenters. The van der Waals surface area contributed by atoms with E-state index in [-0.39, 0.29) is 18.2 Å². The maximum atomic E-state index is 13.5. The predicted octanol–water partition coefficient (Wildman–Crippen LogP) is 2.85. The lowest BCUT2D eigenvalue weighted by molar-refractivity contribution is 0.0797. The topological polar surface area (TPSA) is 27.7 Å².